The molecule has 1 aliphatic heterocycles. The maximum Gasteiger partial charge on any atom is 0.0676 e. The summed E-state index contributed by atoms with van der Waals surface area (Å²) in [5.74, 6) is 0. The van der Waals surface area contributed by atoms with E-state index in [1.165, 1.54) is 18.4 Å². The fourth-order valence-corrected chi connectivity index (χ4v) is 1.13. The standard InChI is InChI=1S/C8H15NO/c9-5-1-3-8-4-2-6-10-7-8/h3H,1-2,4-7,9H2. The van der Waals surface area contributed by atoms with Crippen LogP contribution < -0.4 is 5.73 Å². The summed E-state index contributed by atoms with van der Waals surface area (Å²) in [5, 5.41) is 0. The van der Waals surface area contributed by atoms with Crippen molar-refractivity contribution < 1.29 is 4.74 Å². The van der Waals surface area contributed by atoms with Crippen molar-refractivity contribution in [3.63, 3.8) is 0 Å². The second kappa shape index (κ2) is 4.47. The lowest BCUT2D eigenvalue weighted by Gasteiger charge is -2.14. The Labute approximate surface area is 62.1 Å². The van der Waals surface area contributed by atoms with Crippen LogP contribution in [-0.4, -0.2) is 19.8 Å². The van der Waals surface area contributed by atoms with Gasteiger partial charge >= 0.3 is 0 Å². The molecule has 1 saturated heterocycles. The van der Waals surface area contributed by atoms with Gasteiger partial charge in [-0.15, -0.1) is 0 Å². The molecule has 0 aromatic heterocycles. The van der Waals surface area contributed by atoms with E-state index in [9.17, 15) is 0 Å². The summed E-state index contributed by atoms with van der Waals surface area (Å²) in [6, 6.07) is 0. The first kappa shape index (κ1) is 7.76. The van der Waals surface area contributed by atoms with Gasteiger partial charge in [0.2, 0.25) is 0 Å². The van der Waals surface area contributed by atoms with Crippen molar-refractivity contribution in [2.75, 3.05) is 19.8 Å². The number of ether oxygens (including phenoxy) is 1. The third kappa shape index (κ3) is 2.50. The predicted octanol–water partition coefficient (Wildman–Crippen LogP) is 1.07. The smallest absolute Gasteiger partial charge is 0.0676 e. The molecule has 0 saturated carbocycles. The zero-order chi connectivity index (χ0) is 7.23. The van der Waals surface area contributed by atoms with Crippen LogP contribution in [0.4, 0.5) is 0 Å². The summed E-state index contributed by atoms with van der Waals surface area (Å²) in [5.41, 5.74) is 6.79. The van der Waals surface area contributed by atoms with Crippen LogP contribution in [-0.2, 0) is 4.74 Å². The Balaban J connectivity index is 2.23. The molecule has 2 heteroatoms. The van der Waals surface area contributed by atoms with Crippen molar-refractivity contribution in [1.82, 2.24) is 0 Å². The Kier molecular flexibility index (Phi) is 3.47. The summed E-state index contributed by atoms with van der Waals surface area (Å²) in [6.45, 7) is 2.52. The molecular formula is C8H15NO. The molecule has 0 spiro atoms. The minimum Gasteiger partial charge on any atom is -0.377 e. The largest absolute Gasteiger partial charge is 0.377 e. The summed E-state index contributed by atoms with van der Waals surface area (Å²) < 4.78 is 5.27. The molecule has 0 aromatic carbocycles. The van der Waals surface area contributed by atoms with Gasteiger partial charge in [-0.25, -0.2) is 0 Å². The van der Waals surface area contributed by atoms with Gasteiger partial charge in [-0.05, 0) is 31.4 Å². The maximum absolute atomic E-state index is 5.36. The molecular weight excluding hydrogens is 126 g/mol. The lowest BCUT2D eigenvalue weighted by molar-refractivity contribution is 0.129. The highest BCUT2D eigenvalue weighted by Crippen LogP contribution is 2.12. The molecule has 0 unspecified atom stereocenters. The van der Waals surface area contributed by atoms with E-state index in [1.807, 2.05) is 0 Å². The molecule has 0 bridgehead atoms. The predicted molar refractivity (Wildman–Crippen MR) is 41.8 cm³/mol. The molecule has 0 aromatic rings. The van der Waals surface area contributed by atoms with E-state index in [4.69, 9.17) is 10.5 Å². The van der Waals surface area contributed by atoms with Crippen LogP contribution in [0.5, 0.6) is 0 Å². The minimum absolute atomic E-state index is 0.753. The molecule has 1 fully saturated rings. The number of nitrogens with two attached hydrogens (primary N) is 1. The maximum atomic E-state index is 5.36. The molecule has 2 N–H and O–H groups in total. The summed E-state index contributed by atoms with van der Waals surface area (Å²) in [7, 11) is 0. The highest BCUT2D eigenvalue weighted by atomic mass is 16.5. The Hall–Kier alpha value is -0.340. The van der Waals surface area contributed by atoms with Gasteiger partial charge in [0.05, 0.1) is 6.61 Å². The van der Waals surface area contributed by atoms with Gasteiger partial charge < -0.3 is 10.5 Å². The SMILES string of the molecule is NCCC=C1CCCOC1. The van der Waals surface area contributed by atoms with Gasteiger partial charge in [-0.3, -0.25) is 0 Å². The van der Waals surface area contributed by atoms with Gasteiger partial charge in [0.1, 0.15) is 0 Å². The molecule has 58 valence electrons. The van der Waals surface area contributed by atoms with E-state index in [0.717, 1.165) is 26.2 Å². The minimum atomic E-state index is 0.753. The van der Waals surface area contributed by atoms with Gasteiger partial charge in [-0.1, -0.05) is 6.08 Å². The van der Waals surface area contributed by atoms with Crippen molar-refractivity contribution in [2.45, 2.75) is 19.3 Å². The van der Waals surface area contributed by atoms with E-state index in [-0.39, 0.29) is 0 Å². The molecule has 1 aliphatic rings. The van der Waals surface area contributed by atoms with Crippen molar-refractivity contribution >= 4 is 0 Å². The quantitative estimate of drug-likeness (QED) is 0.584. The van der Waals surface area contributed by atoms with E-state index >= 15 is 0 Å². The monoisotopic (exact) mass is 141 g/mol. The number of hydrogen-bond acceptors (Lipinski definition) is 2. The molecule has 1 rings (SSSR count). The van der Waals surface area contributed by atoms with E-state index < -0.39 is 0 Å². The number of rotatable bonds is 2. The van der Waals surface area contributed by atoms with Crippen molar-refractivity contribution in [3.05, 3.63) is 11.6 Å². The van der Waals surface area contributed by atoms with Crippen LogP contribution in [0.2, 0.25) is 0 Å². The Morgan fingerprint density at radius 1 is 1.60 bits per heavy atom. The Bertz CT molecular complexity index is 112. The molecule has 0 atom stereocenters. The second-order valence-corrected chi connectivity index (χ2v) is 2.60. The zero-order valence-electron chi connectivity index (χ0n) is 6.31. The van der Waals surface area contributed by atoms with Crippen LogP contribution in [0.25, 0.3) is 0 Å². The highest BCUT2D eigenvalue weighted by molar-refractivity contribution is 5.03. The van der Waals surface area contributed by atoms with Crippen molar-refractivity contribution in [3.8, 4) is 0 Å². The first-order valence-electron chi connectivity index (χ1n) is 3.89. The van der Waals surface area contributed by atoms with E-state index in [1.54, 1.807) is 0 Å². The zero-order valence-corrected chi connectivity index (χ0v) is 6.31. The average molecular weight is 141 g/mol. The Morgan fingerprint density at radius 3 is 3.10 bits per heavy atom. The van der Waals surface area contributed by atoms with Crippen LogP contribution >= 0.6 is 0 Å². The molecule has 10 heavy (non-hydrogen) atoms. The van der Waals surface area contributed by atoms with Crippen LogP contribution in [0.3, 0.4) is 0 Å². The van der Waals surface area contributed by atoms with E-state index in [0.29, 0.717) is 0 Å². The lowest BCUT2D eigenvalue weighted by atomic mass is 10.1. The first-order valence-corrected chi connectivity index (χ1v) is 3.89. The van der Waals surface area contributed by atoms with Gasteiger partial charge in [0.15, 0.2) is 0 Å². The van der Waals surface area contributed by atoms with Gasteiger partial charge in [0, 0.05) is 6.61 Å². The van der Waals surface area contributed by atoms with Gasteiger partial charge in [-0.2, -0.15) is 0 Å². The third-order valence-electron chi connectivity index (χ3n) is 1.67. The fraction of sp³-hybridized carbons (Fsp3) is 0.750. The molecule has 0 amide bonds. The fourth-order valence-electron chi connectivity index (χ4n) is 1.13. The molecule has 0 radical (unpaired) electrons. The third-order valence-corrected chi connectivity index (χ3v) is 1.67. The number of hydrogen-bond donors (Lipinski definition) is 1. The summed E-state index contributed by atoms with van der Waals surface area (Å²) in [6.07, 6.45) is 5.59. The van der Waals surface area contributed by atoms with Crippen LogP contribution in [0.15, 0.2) is 11.6 Å². The molecule has 0 aliphatic carbocycles. The Morgan fingerprint density at radius 2 is 2.50 bits per heavy atom. The molecule has 1 heterocycles. The highest BCUT2D eigenvalue weighted by Gasteiger charge is 2.03. The second-order valence-electron chi connectivity index (χ2n) is 2.60. The summed E-state index contributed by atoms with van der Waals surface area (Å²) in [4.78, 5) is 0. The van der Waals surface area contributed by atoms with Crippen LogP contribution in [0.1, 0.15) is 19.3 Å². The first-order chi connectivity index (χ1) is 4.93. The summed E-state index contributed by atoms with van der Waals surface area (Å²) >= 11 is 0. The average Bonchev–Trinajstić information content (AvgIpc) is 2.03. The van der Waals surface area contributed by atoms with Gasteiger partial charge in [0.25, 0.3) is 0 Å². The van der Waals surface area contributed by atoms with E-state index in [2.05, 4.69) is 6.08 Å². The topological polar surface area (TPSA) is 35.2 Å². The lowest BCUT2D eigenvalue weighted by Crippen LogP contribution is -2.08. The normalized spacial score (nSPS) is 23.5. The molecule has 2 nitrogen and oxygen atoms in total. The van der Waals surface area contributed by atoms with Crippen molar-refractivity contribution in [2.24, 2.45) is 5.73 Å². The van der Waals surface area contributed by atoms with Crippen LogP contribution in [0, 0.1) is 0 Å². The van der Waals surface area contributed by atoms with Crippen molar-refractivity contribution in [1.29, 1.82) is 0 Å².